The number of rotatable bonds is 6. The van der Waals surface area contributed by atoms with Crippen LogP contribution in [0.15, 0.2) is 12.2 Å². The molecule has 0 aliphatic heterocycles. The average molecular weight is 223 g/mol. The molecule has 1 aliphatic rings. The van der Waals surface area contributed by atoms with Gasteiger partial charge in [-0.25, -0.2) is 0 Å². The molecule has 0 aromatic rings. The van der Waals surface area contributed by atoms with Crippen molar-refractivity contribution in [3.05, 3.63) is 12.2 Å². The maximum atomic E-state index is 11.6. The summed E-state index contributed by atoms with van der Waals surface area (Å²) in [6.07, 6.45) is 3.47. The van der Waals surface area contributed by atoms with Crippen LogP contribution in [0.1, 0.15) is 40.0 Å². The fourth-order valence-corrected chi connectivity index (χ4v) is 2.77. The summed E-state index contributed by atoms with van der Waals surface area (Å²) in [5.74, 6) is 2.22. The van der Waals surface area contributed by atoms with Gasteiger partial charge in [0.25, 0.3) is 0 Å². The molecule has 0 bridgehead atoms. The maximum Gasteiger partial charge on any atom is 0.133 e. The Morgan fingerprint density at radius 2 is 2.06 bits per heavy atom. The number of hydrogen-bond donors (Lipinski definition) is 1. The third-order valence-corrected chi connectivity index (χ3v) is 4.09. The molecule has 0 amide bonds. The standard InChI is InChI=1S/C14H25NO/c1-9(2)14(11(4)16)7-12-5-6-13(12)10(3)8-15/h9,12-14H,3,5-8,15H2,1-2,4H3/t12?,13?,14-/m0/s1. The van der Waals surface area contributed by atoms with E-state index in [0.717, 1.165) is 6.42 Å². The van der Waals surface area contributed by atoms with Gasteiger partial charge in [0.05, 0.1) is 0 Å². The van der Waals surface area contributed by atoms with E-state index in [4.69, 9.17) is 5.73 Å². The molecule has 1 aliphatic carbocycles. The SMILES string of the molecule is C=C(CN)C1CCC1C[C@H](C(C)=O)C(C)C. The van der Waals surface area contributed by atoms with Crippen molar-refractivity contribution < 1.29 is 4.79 Å². The lowest BCUT2D eigenvalue weighted by molar-refractivity contribution is -0.123. The first-order valence-corrected chi connectivity index (χ1v) is 6.35. The highest BCUT2D eigenvalue weighted by atomic mass is 16.1. The fraction of sp³-hybridized carbons (Fsp3) is 0.786. The van der Waals surface area contributed by atoms with Crippen LogP contribution in [0.25, 0.3) is 0 Å². The first-order chi connectivity index (χ1) is 7.47. The summed E-state index contributed by atoms with van der Waals surface area (Å²) < 4.78 is 0. The Balaban J connectivity index is 2.53. The van der Waals surface area contributed by atoms with Gasteiger partial charge in [-0.05, 0) is 43.9 Å². The zero-order valence-corrected chi connectivity index (χ0v) is 10.8. The second kappa shape index (κ2) is 5.62. The first kappa shape index (κ1) is 13.4. The fourth-order valence-electron chi connectivity index (χ4n) is 2.77. The van der Waals surface area contributed by atoms with Crippen LogP contribution in [0.2, 0.25) is 0 Å². The second-order valence-corrected chi connectivity index (χ2v) is 5.50. The van der Waals surface area contributed by atoms with E-state index in [1.807, 2.05) is 0 Å². The zero-order chi connectivity index (χ0) is 12.3. The molecule has 92 valence electrons. The van der Waals surface area contributed by atoms with Crippen molar-refractivity contribution in [2.45, 2.75) is 40.0 Å². The molecule has 1 rings (SSSR count). The lowest BCUT2D eigenvalue weighted by atomic mass is 9.65. The molecule has 0 spiro atoms. The summed E-state index contributed by atoms with van der Waals surface area (Å²) in [7, 11) is 0. The molecule has 1 saturated carbocycles. The highest BCUT2D eigenvalue weighted by Gasteiger charge is 2.35. The Labute approximate surface area is 99.3 Å². The van der Waals surface area contributed by atoms with Gasteiger partial charge < -0.3 is 5.73 Å². The van der Waals surface area contributed by atoms with Crippen LogP contribution in [-0.4, -0.2) is 12.3 Å². The number of ketones is 1. The van der Waals surface area contributed by atoms with E-state index in [1.54, 1.807) is 6.92 Å². The lowest BCUT2D eigenvalue weighted by Gasteiger charge is -2.40. The first-order valence-electron chi connectivity index (χ1n) is 6.35. The van der Waals surface area contributed by atoms with Gasteiger partial charge in [-0.3, -0.25) is 4.79 Å². The molecule has 0 aromatic heterocycles. The monoisotopic (exact) mass is 223 g/mol. The molecule has 0 heterocycles. The molecule has 0 aromatic carbocycles. The van der Waals surface area contributed by atoms with Crippen LogP contribution in [0.5, 0.6) is 0 Å². The topological polar surface area (TPSA) is 43.1 Å². The van der Waals surface area contributed by atoms with Crippen molar-refractivity contribution in [1.82, 2.24) is 0 Å². The molecule has 2 heteroatoms. The van der Waals surface area contributed by atoms with Gasteiger partial charge in [0.15, 0.2) is 0 Å². The minimum atomic E-state index is 0.221. The summed E-state index contributed by atoms with van der Waals surface area (Å²) in [6.45, 7) is 10.6. The van der Waals surface area contributed by atoms with Crippen molar-refractivity contribution in [3.63, 3.8) is 0 Å². The molecule has 3 atom stereocenters. The van der Waals surface area contributed by atoms with E-state index < -0.39 is 0 Å². The molecule has 2 nitrogen and oxygen atoms in total. The van der Waals surface area contributed by atoms with Crippen molar-refractivity contribution in [2.24, 2.45) is 29.4 Å². The summed E-state index contributed by atoms with van der Waals surface area (Å²) in [5, 5.41) is 0. The minimum Gasteiger partial charge on any atom is -0.327 e. The van der Waals surface area contributed by atoms with Gasteiger partial charge in [-0.2, -0.15) is 0 Å². The Morgan fingerprint density at radius 1 is 1.44 bits per heavy atom. The quantitative estimate of drug-likeness (QED) is 0.704. The van der Waals surface area contributed by atoms with Crippen LogP contribution in [0.3, 0.4) is 0 Å². The number of nitrogens with two attached hydrogens (primary N) is 1. The van der Waals surface area contributed by atoms with Crippen LogP contribution in [0.4, 0.5) is 0 Å². The molecule has 16 heavy (non-hydrogen) atoms. The lowest BCUT2D eigenvalue weighted by Crippen LogP contribution is -2.34. The smallest absolute Gasteiger partial charge is 0.133 e. The zero-order valence-electron chi connectivity index (χ0n) is 10.8. The average Bonchev–Trinajstić information content (AvgIpc) is 2.15. The van der Waals surface area contributed by atoms with Crippen molar-refractivity contribution >= 4 is 5.78 Å². The summed E-state index contributed by atoms with van der Waals surface area (Å²) in [5.41, 5.74) is 6.80. The number of carbonyl (C=O) groups is 1. The van der Waals surface area contributed by atoms with E-state index in [0.29, 0.717) is 30.1 Å². The Bertz CT molecular complexity index is 270. The highest BCUT2D eigenvalue weighted by Crippen LogP contribution is 2.43. The van der Waals surface area contributed by atoms with Gasteiger partial charge in [0.1, 0.15) is 5.78 Å². The normalized spacial score (nSPS) is 26.3. The summed E-state index contributed by atoms with van der Waals surface area (Å²) in [4.78, 5) is 11.6. The van der Waals surface area contributed by atoms with Gasteiger partial charge in [0.2, 0.25) is 0 Å². The van der Waals surface area contributed by atoms with Crippen LogP contribution >= 0.6 is 0 Å². The largest absolute Gasteiger partial charge is 0.327 e. The van der Waals surface area contributed by atoms with E-state index in [1.165, 1.54) is 18.4 Å². The number of hydrogen-bond acceptors (Lipinski definition) is 2. The van der Waals surface area contributed by atoms with Crippen LogP contribution in [-0.2, 0) is 4.79 Å². The van der Waals surface area contributed by atoms with E-state index >= 15 is 0 Å². The van der Waals surface area contributed by atoms with Gasteiger partial charge in [-0.15, -0.1) is 0 Å². The third-order valence-electron chi connectivity index (χ3n) is 4.09. The minimum absolute atomic E-state index is 0.221. The van der Waals surface area contributed by atoms with Crippen molar-refractivity contribution in [3.8, 4) is 0 Å². The highest BCUT2D eigenvalue weighted by molar-refractivity contribution is 5.78. The Hall–Kier alpha value is -0.630. The van der Waals surface area contributed by atoms with Gasteiger partial charge in [-0.1, -0.05) is 26.0 Å². The molecule has 2 N–H and O–H groups in total. The molecule has 1 fully saturated rings. The van der Waals surface area contributed by atoms with E-state index in [9.17, 15) is 4.79 Å². The second-order valence-electron chi connectivity index (χ2n) is 5.50. The van der Waals surface area contributed by atoms with Crippen LogP contribution in [0, 0.1) is 23.7 Å². The van der Waals surface area contributed by atoms with Crippen molar-refractivity contribution in [1.29, 1.82) is 0 Å². The predicted octanol–water partition coefficient (Wildman–Crippen LogP) is 2.78. The Kier molecular flexibility index (Phi) is 4.72. The summed E-state index contributed by atoms with van der Waals surface area (Å²) >= 11 is 0. The molecule has 0 radical (unpaired) electrons. The van der Waals surface area contributed by atoms with Crippen LogP contribution < -0.4 is 5.73 Å². The molecule has 2 unspecified atom stereocenters. The molecular weight excluding hydrogens is 198 g/mol. The Morgan fingerprint density at radius 3 is 2.38 bits per heavy atom. The summed E-state index contributed by atoms with van der Waals surface area (Å²) in [6, 6.07) is 0. The third kappa shape index (κ3) is 2.94. The molecular formula is C14H25NO. The van der Waals surface area contributed by atoms with Gasteiger partial charge >= 0.3 is 0 Å². The van der Waals surface area contributed by atoms with E-state index in [2.05, 4.69) is 20.4 Å². The predicted molar refractivity (Wildman–Crippen MR) is 68.0 cm³/mol. The van der Waals surface area contributed by atoms with Crippen molar-refractivity contribution in [2.75, 3.05) is 6.54 Å². The maximum absolute atomic E-state index is 11.6. The number of carbonyl (C=O) groups excluding carboxylic acids is 1. The number of Topliss-reactive ketones (excluding diaryl/α,β-unsaturated/α-hetero) is 1. The van der Waals surface area contributed by atoms with Gasteiger partial charge in [0, 0.05) is 12.5 Å². The van der Waals surface area contributed by atoms with E-state index in [-0.39, 0.29) is 5.92 Å². The molecule has 0 saturated heterocycles.